The Hall–Kier alpha value is -16.0. The highest BCUT2D eigenvalue weighted by atomic mass is 32.2. The largest absolute Gasteiger partial charge is 0.247 e. The molecular weight excluding hydrogens is 1590 g/mol. The van der Waals surface area contributed by atoms with Gasteiger partial charge in [0.1, 0.15) is 0 Å². The molecule has 0 N–H and O–H groups in total. The van der Waals surface area contributed by atoms with E-state index in [0.717, 1.165) is 105 Å². The van der Waals surface area contributed by atoms with E-state index in [9.17, 15) is 0 Å². The van der Waals surface area contributed by atoms with Crippen molar-refractivity contribution in [2.75, 3.05) is 0 Å². The number of fused-ring (bicyclic) bond motifs is 26. The van der Waals surface area contributed by atoms with Gasteiger partial charge in [0.25, 0.3) is 0 Å². The van der Waals surface area contributed by atoms with Crippen LogP contribution in [0.4, 0.5) is 0 Å². The van der Waals surface area contributed by atoms with Crippen molar-refractivity contribution in [2.45, 2.75) is 30.4 Å². The van der Waals surface area contributed by atoms with Gasteiger partial charge in [-0.3, -0.25) is 0 Å². The summed E-state index contributed by atoms with van der Waals surface area (Å²) in [7, 11) is 0. The third-order valence-electron chi connectivity index (χ3n) is 25.9. The summed E-state index contributed by atoms with van der Waals surface area (Å²) >= 11 is 3.74. The topological polar surface area (TPSA) is 103 Å². The van der Waals surface area contributed by atoms with Crippen LogP contribution in [0, 0.1) is 0 Å². The predicted molar refractivity (Wildman–Crippen MR) is 522 cm³/mol. The van der Waals surface area contributed by atoms with Gasteiger partial charge >= 0.3 is 0 Å². The van der Waals surface area contributed by atoms with Crippen LogP contribution in [0.2, 0.25) is 0 Å². The maximum Gasteiger partial charge on any atom is 0.164 e. The monoisotopic (exact) mass is 1660 g/mol. The second kappa shape index (κ2) is 30.5. The lowest BCUT2D eigenvalue weighted by molar-refractivity contribution is 0.723. The molecule has 0 atom stereocenters. The molecule has 0 saturated heterocycles. The number of rotatable bonds is 10. The number of nitrogens with zero attached hydrogens (tertiary/aromatic N) is 8. The highest BCUT2D eigenvalue weighted by Crippen LogP contribution is 2.66. The molecular formula is C118H72N8S2. The molecule has 0 saturated carbocycles. The fourth-order valence-electron chi connectivity index (χ4n) is 20.4. The molecule has 26 rings (SSSR count). The molecule has 2 spiro atoms. The number of hydrogen-bond donors (Lipinski definition) is 0. The smallest absolute Gasteiger partial charge is 0.164 e. The van der Waals surface area contributed by atoms with Crippen molar-refractivity contribution in [2.24, 2.45) is 0 Å². The second-order valence-electron chi connectivity index (χ2n) is 33.0. The molecule has 22 aromatic rings. The van der Waals surface area contributed by atoms with E-state index in [4.69, 9.17) is 39.9 Å². The van der Waals surface area contributed by atoms with Crippen molar-refractivity contribution in [1.29, 1.82) is 0 Å². The molecule has 0 unspecified atom stereocenters. The number of hydrogen-bond acceptors (Lipinski definition) is 10. The molecule has 0 bridgehead atoms. The Morgan fingerprint density at radius 3 is 0.820 bits per heavy atom. The fourth-order valence-corrected chi connectivity index (χ4v) is 22.8. The summed E-state index contributed by atoms with van der Waals surface area (Å²) in [6.45, 7) is 0. The molecule has 0 fully saturated rings. The lowest BCUT2D eigenvalue weighted by Crippen LogP contribution is -2.31. The van der Waals surface area contributed by atoms with Crippen LogP contribution in [-0.4, -0.2) is 39.9 Å². The van der Waals surface area contributed by atoms with Gasteiger partial charge in [-0.15, -0.1) is 0 Å². The maximum atomic E-state index is 5.48. The summed E-state index contributed by atoms with van der Waals surface area (Å²) in [5.41, 5.74) is 30.4. The van der Waals surface area contributed by atoms with E-state index in [0.29, 0.717) is 34.9 Å². The minimum absolute atomic E-state index is 0.474. The molecule has 6 heterocycles. The molecule has 4 aromatic heterocycles. The quantitative estimate of drug-likeness (QED) is 0.123. The molecule has 18 aromatic carbocycles. The van der Waals surface area contributed by atoms with Crippen LogP contribution in [-0.2, 0) is 10.8 Å². The van der Waals surface area contributed by atoms with Crippen LogP contribution < -0.4 is 0 Å². The molecule has 596 valence electrons. The number of pyridine rings is 2. The van der Waals surface area contributed by atoms with Gasteiger partial charge in [-0.2, -0.15) is 0 Å². The number of aromatic nitrogens is 8. The summed E-state index contributed by atoms with van der Waals surface area (Å²) in [5, 5.41) is 6.92. The Labute approximate surface area is 748 Å². The number of benzene rings is 18. The van der Waals surface area contributed by atoms with E-state index < -0.39 is 10.8 Å². The van der Waals surface area contributed by atoms with Crippen molar-refractivity contribution in [3.8, 4) is 135 Å². The number of para-hydroxylation sites is 2. The second-order valence-corrected chi connectivity index (χ2v) is 35.1. The predicted octanol–water partition coefficient (Wildman–Crippen LogP) is 29.5. The summed E-state index contributed by atoms with van der Waals surface area (Å²) in [4.78, 5) is 46.9. The fraction of sp³-hybridized carbons (Fsp3) is 0.0169. The minimum Gasteiger partial charge on any atom is -0.247 e. The van der Waals surface area contributed by atoms with Crippen molar-refractivity contribution in [3.05, 3.63) is 481 Å². The van der Waals surface area contributed by atoms with E-state index in [2.05, 4.69) is 376 Å². The first-order valence-electron chi connectivity index (χ1n) is 43.3. The summed E-state index contributed by atoms with van der Waals surface area (Å²) in [6.07, 6.45) is 0. The summed E-state index contributed by atoms with van der Waals surface area (Å²) in [6, 6.07) is 156. The molecule has 2 aliphatic carbocycles. The van der Waals surface area contributed by atoms with E-state index >= 15 is 0 Å². The Bertz CT molecular complexity index is 8180. The molecule has 2 aliphatic heterocycles. The van der Waals surface area contributed by atoms with Crippen LogP contribution in [0.1, 0.15) is 44.5 Å². The van der Waals surface area contributed by atoms with Crippen LogP contribution in [0.15, 0.2) is 456 Å². The lowest BCUT2D eigenvalue weighted by atomic mass is 9.67. The van der Waals surface area contributed by atoms with Crippen molar-refractivity contribution >= 4 is 66.9 Å². The van der Waals surface area contributed by atoms with Crippen molar-refractivity contribution in [3.63, 3.8) is 0 Å². The standard InChI is InChI=1S/2C59H36N4S/c1-3-17-37(18-4-1)39-21-15-23-41(35-39)57-61-56(38-19-5-2-6-20-38)62-58(63-57)42-24-16-22-40(36-42)55-45-33-34-49-54(53(45)44-26-8-12-30-50(44)60-55)43-25-7-9-27-46(43)59(49)47-28-10-13-31-51(47)64-52-32-14-11-29-48(52)59;1-3-16-37(17-4-1)38-30-32-40(33-31-38)57-61-56(39-18-5-2-6-19-39)62-58(63-57)42-21-15-20-41(36-42)55-45-34-35-49-54(53(45)44-23-8-12-27-50(44)60-55)43-22-7-9-24-46(43)59(49)47-25-10-13-28-51(47)64-52-29-14-11-26-48(52)59/h2*1-36H. The first-order valence-corrected chi connectivity index (χ1v) is 44.9. The zero-order valence-corrected chi connectivity index (χ0v) is 70.6. The zero-order chi connectivity index (χ0) is 84.4. The summed E-state index contributed by atoms with van der Waals surface area (Å²) < 4.78 is 0. The van der Waals surface area contributed by atoms with E-state index in [-0.39, 0.29) is 0 Å². The Morgan fingerprint density at radius 2 is 0.430 bits per heavy atom. The van der Waals surface area contributed by atoms with Crippen LogP contribution >= 0.6 is 23.5 Å². The highest BCUT2D eigenvalue weighted by Gasteiger charge is 2.53. The van der Waals surface area contributed by atoms with Crippen LogP contribution in [0.3, 0.4) is 0 Å². The Kier molecular flexibility index (Phi) is 17.8. The normalized spacial score (nSPS) is 13.1. The van der Waals surface area contributed by atoms with Gasteiger partial charge in [-0.1, -0.05) is 406 Å². The molecule has 128 heavy (non-hydrogen) atoms. The van der Waals surface area contributed by atoms with E-state index in [1.807, 2.05) is 84.2 Å². The molecule has 8 nitrogen and oxygen atoms in total. The van der Waals surface area contributed by atoms with E-state index in [1.54, 1.807) is 0 Å². The van der Waals surface area contributed by atoms with Crippen LogP contribution in [0.25, 0.3) is 179 Å². The van der Waals surface area contributed by atoms with Crippen molar-refractivity contribution in [1.82, 2.24) is 39.9 Å². The first-order chi connectivity index (χ1) is 63.4. The van der Waals surface area contributed by atoms with Crippen LogP contribution in [0.5, 0.6) is 0 Å². The highest BCUT2D eigenvalue weighted by molar-refractivity contribution is 7.99. The summed E-state index contributed by atoms with van der Waals surface area (Å²) in [5.74, 6) is 3.69. The van der Waals surface area contributed by atoms with Gasteiger partial charge < -0.3 is 0 Å². The van der Waals surface area contributed by atoms with Gasteiger partial charge in [0.05, 0.1) is 33.3 Å². The molecule has 0 amide bonds. The average Bonchev–Trinajstić information content (AvgIpc) is 1.51. The van der Waals surface area contributed by atoms with Gasteiger partial charge in [0, 0.05) is 96.4 Å². The Morgan fingerprint density at radius 1 is 0.164 bits per heavy atom. The Balaban J connectivity index is 0.000000139. The first kappa shape index (κ1) is 74.6. The molecule has 4 aliphatic rings. The van der Waals surface area contributed by atoms with Gasteiger partial charge in [0.15, 0.2) is 34.9 Å². The molecule has 10 heteroatoms. The minimum atomic E-state index is -0.476. The lowest BCUT2D eigenvalue weighted by Gasteiger charge is -2.39. The zero-order valence-electron chi connectivity index (χ0n) is 69.0. The molecule has 0 radical (unpaired) electrons. The van der Waals surface area contributed by atoms with Gasteiger partial charge in [-0.25, -0.2) is 39.9 Å². The third kappa shape index (κ3) is 12.0. The van der Waals surface area contributed by atoms with E-state index in [1.165, 1.54) is 103 Å². The van der Waals surface area contributed by atoms with Gasteiger partial charge in [0.2, 0.25) is 0 Å². The van der Waals surface area contributed by atoms with Gasteiger partial charge in [-0.05, 0) is 144 Å². The van der Waals surface area contributed by atoms with Crippen molar-refractivity contribution < 1.29 is 0 Å². The SMILES string of the molecule is c1ccc(-c2ccc(-c3nc(-c4ccccc4)nc(-c4cccc(-c5nc6ccccc6c6c7c(ccc56)C5(c6ccccc6Sc6ccccc65)c5ccccc5-7)c4)n3)cc2)cc1.c1ccc(-c2cccc(-c3nc(-c4ccccc4)nc(-c4cccc(-c5nc6ccccc6c6c7c(ccc56)C5(c6ccccc6Sc6ccccc65)c5ccccc5-7)c4)n3)c2)cc1. The maximum absolute atomic E-state index is 5.48. The average molecular weight is 1670 g/mol. The third-order valence-corrected chi connectivity index (χ3v) is 28.3.